The van der Waals surface area contributed by atoms with Gasteiger partial charge < -0.3 is 4.42 Å². The van der Waals surface area contributed by atoms with Crippen LogP contribution in [0.3, 0.4) is 0 Å². The van der Waals surface area contributed by atoms with Gasteiger partial charge in [0.2, 0.25) is 15.9 Å². The van der Waals surface area contributed by atoms with Gasteiger partial charge >= 0.3 is 6.01 Å². The summed E-state index contributed by atoms with van der Waals surface area (Å²) in [7, 11) is -1.79. The van der Waals surface area contributed by atoms with Crippen LogP contribution in [0.15, 0.2) is 45.8 Å². The highest BCUT2D eigenvalue weighted by molar-refractivity contribution is 7.89. The Balaban J connectivity index is 1.35. The molecule has 1 amide bonds. The summed E-state index contributed by atoms with van der Waals surface area (Å²) >= 11 is 0. The third-order valence-electron chi connectivity index (χ3n) is 5.07. The lowest BCUT2D eigenvalue weighted by atomic mass is 9.97. The fourth-order valence-corrected chi connectivity index (χ4v) is 4.80. The van der Waals surface area contributed by atoms with Crippen LogP contribution in [-0.2, 0) is 21.9 Å². The van der Waals surface area contributed by atoms with Gasteiger partial charge in [-0.1, -0.05) is 22.8 Å². The molecule has 3 aromatic rings. The van der Waals surface area contributed by atoms with Gasteiger partial charge in [0.15, 0.2) is 0 Å². The van der Waals surface area contributed by atoms with Gasteiger partial charge in [-0.25, -0.2) is 8.42 Å². The summed E-state index contributed by atoms with van der Waals surface area (Å²) in [5.41, 5.74) is 1.51. The number of benzene rings is 1. The number of amides is 1. The predicted molar refractivity (Wildman–Crippen MR) is 108 cm³/mol. The van der Waals surface area contributed by atoms with Crippen LogP contribution in [0.25, 0.3) is 11.6 Å². The van der Waals surface area contributed by atoms with E-state index in [4.69, 9.17) is 4.42 Å². The van der Waals surface area contributed by atoms with Crippen molar-refractivity contribution in [3.05, 3.63) is 42.1 Å². The zero-order valence-electron chi connectivity index (χ0n) is 16.6. The second-order valence-electron chi connectivity index (χ2n) is 7.27. The lowest BCUT2D eigenvalue weighted by Gasteiger charge is -2.30. The molecule has 3 heterocycles. The molecule has 1 saturated heterocycles. The Labute approximate surface area is 174 Å². The zero-order valence-corrected chi connectivity index (χ0v) is 17.5. The number of nitrogens with zero attached hydrogens (tertiary/aromatic N) is 5. The van der Waals surface area contributed by atoms with E-state index in [0.717, 1.165) is 5.56 Å². The molecule has 10 nitrogen and oxygen atoms in total. The monoisotopic (exact) mass is 430 g/mol. The van der Waals surface area contributed by atoms with Crippen molar-refractivity contribution in [1.29, 1.82) is 0 Å². The van der Waals surface area contributed by atoms with Gasteiger partial charge in [-0.2, -0.15) is 9.40 Å². The van der Waals surface area contributed by atoms with E-state index in [1.54, 1.807) is 48.3 Å². The Morgan fingerprint density at radius 1 is 1.13 bits per heavy atom. The molecule has 4 rings (SSSR count). The van der Waals surface area contributed by atoms with Crippen LogP contribution in [0.4, 0.5) is 6.01 Å². The quantitative estimate of drug-likeness (QED) is 0.655. The Morgan fingerprint density at radius 2 is 1.83 bits per heavy atom. The second kappa shape index (κ2) is 8.00. The normalized spacial score (nSPS) is 15.9. The minimum absolute atomic E-state index is 0.00430. The zero-order chi connectivity index (χ0) is 21.3. The number of rotatable bonds is 5. The molecule has 0 spiro atoms. The van der Waals surface area contributed by atoms with Crippen molar-refractivity contribution in [2.24, 2.45) is 13.0 Å². The van der Waals surface area contributed by atoms with Crippen molar-refractivity contribution in [2.45, 2.75) is 24.7 Å². The molecular formula is C19H22N6O4S. The maximum atomic E-state index is 12.8. The summed E-state index contributed by atoms with van der Waals surface area (Å²) < 4.78 is 34.1. The summed E-state index contributed by atoms with van der Waals surface area (Å²) in [6, 6.07) is 8.49. The average molecular weight is 430 g/mol. The SMILES string of the molecule is Cc1ccc(S(=O)(=O)N2CCC(C(=O)Nc3nnc(-c4ccn(C)n4)o3)CC2)cc1. The Bertz CT molecular complexity index is 1140. The van der Waals surface area contributed by atoms with E-state index in [1.165, 1.54) is 4.31 Å². The summed E-state index contributed by atoms with van der Waals surface area (Å²) in [5.74, 6) is -0.386. The Morgan fingerprint density at radius 3 is 2.47 bits per heavy atom. The number of carbonyl (C=O) groups is 1. The first kappa shape index (κ1) is 20.2. The standard InChI is InChI=1S/C19H22N6O4S/c1-13-3-5-15(6-4-13)30(27,28)25-11-7-14(8-12-25)17(26)20-19-22-21-18(29-19)16-9-10-24(2)23-16/h3-6,9-10,14H,7-8,11-12H2,1-2H3,(H,20,22,26). The summed E-state index contributed by atoms with van der Waals surface area (Å²) in [4.78, 5) is 12.8. The number of carbonyl (C=O) groups excluding carboxylic acids is 1. The van der Waals surface area contributed by atoms with Crippen LogP contribution in [0.5, 0.6) is 0 Å². The van der Waals surface area contributed by atoms with E-state index in [2.05, 4.69) is 20.6 Å². The van der Waals surface area contributed by atoms with Gasteiger partial charge in [-0.3, -0.25) is 14.8 Å². The third-order valence-corrected chi connectivity index (χ3v) is 6.98. The molecule has 0 aliphatic carbocycles. The molecule has 30 heavy (non-hydrogen) atoms. The molecule has 2 aromatic heterocycles. The molecule has 1 N–H and O–H groups in total. The highest BCUT2D eigenvalue weighted by atomic mass is 32.2. The number of aromatic nitrogens is 4. The van der Waals surface area contributed by atoms with E-state index in [-0.39, 0.29) is 41.7 Å². The van der Waals surface area contributed by atoms with Crippen molar-refractivity contribution in [2.75, 3.05) is 18.4 Å². The van der Waals surface area contributed by atoms with Crippen LogP contribution in [-0.4, -0.2) is 51.7 Å². The first-order valence-electron chi connectivity index (χ1n) is 9.54. The molecule has 0 radical (unpaired) electrons. The van der Waals surface area contributed by atoms with Crippen molar-refractivity contribution in [3.8, 4) is 11.6 Å². The van der Waals surface area contributed by atoms with Crippen molar-refractivity contribution < 1.29 is 17.6 Å². The van der Waals surface area contributed by atoms with Crippen molar-refractivity contribution in [1.82, 2.24) is 24.3 Å². The second-order valence-corrected chi connectivity index (χ2v) is 9.21. The van der Waals surface area contributed by atoms with Crippen LogP contribution >= 0.6 is 0 Å². The Kier molecular flexibility index (Phi) is 5.39. The minimum Gasteiger partial charge on any atom is -0.401 e. The summed E-state index contributed by atoms with van der Waals surface area (Å²) in [5, 5.41) is 14.5. The fraction of sp³-hybridized carbons (Fsp3) is 0.368. The maximum Gasteiger partial charge on any atom is 0.322 e. The van der Waals surface area contributed by atoms with E-state index in [1.807, 2.05) is 6.92 Å². The highest BCUT2D eigenvalue weighted by Crippen LogP contribution is 2.25. The predicted octanol–water partition coefficient (Wildman–Crippen LogP) is 1.82. The van der Waals surface area contributed by atoms with E-state index >= 15 is 0 Å². The molecule has 1 aliphatic heterocycles. The molecule has 0 saturated carbocycles. The van der Waals surface area contributed by atoms with Crippen LogP contribution < -0.4 is 5.32 Å². The number of sulfonamides is 1. The number of anilines is 1. The first-order valence-corrected chi connectivity index (χ1v) is 11.0. The van der Waals surface area contributed by atoms with Crippen LogP contribution in [0.1, 0.15) is 18.4 Å². The third kappa shape index (κ3) is 4.12. The topological polar surface area (TPSA) is 123 Å². The van der Waals surface area contributed by atoms with Crippen molar-refractivity contribution >= 4 is 21.9 Å². The van der Waals surface area contributed by atoms with E-state index in [0.29, 0.717) is 18.5 Å². The number of piperidine rings is 1. The molecule has 158 valence electrons. The molecular weight excluding hydrogens is 408 g/mol. The molecule has 0 atom stereocenters. The van der Waals surface area contributed by atoms with E-state index < -0.39 is 10.0 Å². The number of hydrogen-bond donors (Lipinski definition) is 1. The highest BCUT2D eigenvalue weighted by Gasteiger charge is 2.32. The van der Waals surface area contributed by atoms with Gasteiger partial charge in [0, 0.05) is 32.3 Å². The lowest BCUT2D eigenvalue weighted by molar-refractivity contribution is -0.121. The summed E-state index contributed by atoms with van der Waals surface area (Å²) in [6.07, 6.45) is 2.58. The van der Waals surface area contributed by atoms with Gasteiger partial charge in [0.1, 0.15) is 5.69 Å². The molecule has 0 bridgehead atoms. The van der Waals surface area contributed by atoms with Gasteiger partial charge in [0.25, 0.3) is 5.89 Å². The lowest BCUT2D eigenvalue weighted by Crippen LogP contribution is -2.41. The number of nitrogens with one attached hydrogen (secondary N) is 1. The molecule has 11 heteroatoms. The van der Waals surface area contributed by atoms with Crippen molar-refractivity contribution in [3.63, 3.8) is 0 Å². The molecule has 1 fully saturated rings. The maximum absolute atomic E-state index is 12.8. The first-order chi connectivity index (χ1) is 14.3. The number of hydrogen-bond acceptors (Lipinski definition) is 7. The van der Waals surface area contributed by atoms with Crippen LogP contribution in [0, 0.1) is 12.8 Å². The van der Waals surface area contributed by atoms with Crippen LogP contribution in [0.2, 0.25) is 0 Å². The fourth-order valence-electron chi connectivity index (χ4n) is 3.33. The average Bonchev–Trinajstić information content (AvgIpc) is 3.37. The van der Waals surface area contributed by atoms with Gasteiger partial charge in [0.05, 0.1) is 4.90 Å². The smallest absolute Gasteiger partial charge is 0.322 e. The largest absolute Gasteiger partial charge is 0.401 e. The molecule has 1 aliphatic rings. The molecule has 0 unspecified atom stereocenters. The van der Waals surface area contributed by atoms with Gasteiger partial charge in [-0.05, 0) is 38.0 Å². The Hall–Kier alpha value is -3.05. The summed E-state index contributed by atoms with van der Waals surface area (Å²) in [6.45, 7) is 2.46. The minimum atomic E-state index is -3.56. The number of aryl methyl sites for hydroxylation is 2. The molecule has 1 aromatic carbocycles. The van der Waals surface area contributed by atoms with E-state index in [9.17, 15) is 13.2 Å². The van der Waals surface area contributed by atoms with Gasteiger partial charge in [-0.15, -0.1) is 5.10 Å².